The molecule has 116 valence electrons. The Labute approximate surface area is 132 Å². The van der Waals surface area contributed by atoms with E-state index in [1.807, 2.05) is 0 Å². The van der Waals surface area contributed by atoms with Gasteiger partial charge in [0.05, 0.1) is 10.6 Å². The molecule has 0 radical (unpaired) electrons. The van der Waals surface area contributed by atoms with Crippen molar-refractivity contribution in [1.29, 1.82) is 0 Å². The molecule has 9 heteroatoms. The van der Waals surface area contributed by atoms with E-state index in [0.29, 0.717) is 12.3 Å². The van der Waals surface area contributed by atoms with Crippen LogP contribution in [-0.4, -0.2) is 16.1 Å². The van der Waals surface area contributed by atoms with Gasteiger partial charge in [0.15, 0.2) is 11.4 Å². The third kappa shape index (κ3) is 3.61. The second-order valence-electron chi connectivity index (χ2n) is 4.05. The van der Waals surface area contributed by atoms with Crippen LogP contribution >= 0.6 is 23.2 Å². The van der Waals surface area contributed by atoms with Gasteiger partial charge in [0.1, 0.15) is 5.75 Å². The molecule has 1 heterocycles. The summed E-state index contributed by atoms with van der Waals surface area (Å²) in [6.45, 7) is 0. The van der Waals surface area contributed by atoms with Crippen molar-refractivity contribution in [3.63, 3.8) is 0 Å². The van der Waals surface area contributed by atoms with Crippen LogP contribution in [0.25, 0.3) is 0 Å². The summed E-state index contributed by atoms with van der Waals surface area (Å²) in [5, 5.41) is 9.28. The van der Waals surface area contributed by atoms with E-state index < -0.39 is 29.2 Å². The maximum Gasteiger partial charge on any atom is 0.418 e. The summed E-state index contributed by atoms with van der Waals surface area (Å²) in [5.41, 5.74) is -1.81. The highest BCUT2D eigenvalue weighted by atomic mass is 35.5. The van der Waals surface area contributed by atoms with E-state index in [0.717, 1.165) is 0 Å². The monoisotopic (exact) mass is 351 g/mol. The van der Waals surface area contributed by atoms with Crippen LogP contribution in [0, 0.1) is 0 Å². The predicted molar refractivity (Wildman–Crippen MR) is 72.7 cm³/mol. The van der Waals surface area contributed by atoms with Crippen LogP contribution < -0.4 is 4.74 Å². The first-order chi connectivity index (χ1) is 10.2. The normalized spacial score (nSPS) is 11.3. The van der Waals surface area contributed by atoms with Crippen LogP contribution in [0.4, 0.5) is 13.2 Å². The maximum atomic E-state index is 12.7. The van der Waals surface area contributed by atoms with E-state index >= 15 is 0 Å². The highest BCUT2D eigenvalue weighted by Gasteiger charge is 2.33. The predicted octanol–water partition coefficient (Wildman–Crippen LogP) is 4.90. The number of carboxylic acid groups (broad SMARTS) is 1. The van der Waals surface area contributed by atoms with Gasteiger partial charge in [-0.05, 0) is 24.3 Å². The quantitative estimate of drug-likeness (QED) is 0.854. The first-order valence-corrected chi connectivity index (χ1v) is 6.37. The highest BCUT2D eigenvalue weighted by Crippen LogP contribution is 2.36. The number of carboxylic acids is 1. The van der Waals surface area contributed by atoms with Crippen molar-refractivity contribution in [1.82, 2.24) is 4.98 Å². The van der Waals surface area contributed by atoms with E-state index in [1.165, 1.54) is 18.2 Å². The zero-order valence-electron chi connectivity index (χ0n) is 10.5. The van der Waals surface area contributed by atoms with E-state index in [-0.39, 0.29) is 15.8 Å². The lowest BCUT2D eigenvalue weighted by Crippen LogP contribution is -2.10. The van der Waals surface area contributed by atoms with Gasteiger partial charge >= 0.3 is 12.1 Å². The Balaban J connectivity index is 2.49. The number of halogens is 5. The van der Waals surface area contributed by atoms with Crippen molar-refractivity contribution < 1.29 is 27.8 Å². The lowest BCUT2D eigenvalue weighted by atomic mass is 10.2. The zero-order valence-corrected chi connectivity index (χ0v) is 12.0. The molecule has 1 N–H and O–H groups in total. The fraction of sp³-hybridized carbons (Fsp3) is 0.0769. The SMILES string of the molecule is O=C(O)c1ncc(C(F)(F)F)cc1Oc1ccc(Cl)cc1Cl. The van der Waals surface area contributed by atoms with Crippen LogP contribution in [0.1, 0.15) is 16.1 Å². The van der Waals surface area contributed by atoms with Gasteiger partial charge < -0.3 is 9.84 Å². The Hall–Kier alpha value is -1.99. The molecule has 1 aromatic carbocycles. The van der Waals surface area contributed by atoms with E-state index in [2.05, 4.69) is 4.98 Å². The topological polar surface area (TPSA) is 59.4 Å². The molecule has 1 aromatic heterocycles. The van der Waals surface area contributed by atoms with Crippen LogP contribution in [0.2, 0.25) is 10.0 Å². The molecular formula is C13H6Cl2F3NO3. The fourth-order valence-corrected chi connectivity index (χ4v) is 1.96. The number of carbonyl (C=O) groups is 1. The minimum Gasteiger partial charge on any atom is -0.476 e. The largest absolute Gasteiger partial charge is 0.476 e. The van der Waals surface area contributed by atoms with Crippen molar-refractivity contribution >= 4 is 29.2 Å². The average Bonchev–Trinajstić information content (AvgIpc) is 2.40. The second kappa shape index (κ2) is 6.02. The van der Waals surface area contributed by atoms with Crippen molar-refractivity contribution in [2.45, 2.75) is 6.18 Å². The maximum absolute atomic E-state index is 12.7. The van der Waals surface area contributed by atoms with Crippen LogP contribution in [0.5, 0.6) is 11.5 Å². The Kier molecular flexibility index (Phi) is 4.48. The Morgan fingerprint density at radius 3 is 2.41 bits per heavy atom. The molecule has 0 amide bonds. The number of aromatic nitrogens is 1. The Bertz CT molecular complexity index is 735. The highest BCUT2D eigenvalue weighted by molar-refractivity contribution is 6.35. The summed E-state index contributed by atoms with van der Waals surface area (Å²) in [5.74, 6) is -2.16. The van der Waals surface area contributed by atoms with E-state index in [4.69, 9.17) is 33.0 Å². The molecule has 0 fully saturated rings. The summed E-state index contributed by atoms with van der Waals surface area (Å²) in [7, 11) is 0. The van der Waals surface area contributed by atoms with Gasteiger partial charge in [0.25, 0.3) is 0 Å². The molecule has 0 saturated carbocycles. The number of benzene rings is 1. The molecule has 0 spiro atoms. The summed E-state index contributed by atoms with van der Waals surface area (Å²) >= 11 is 11.5. The average molecular weight is 352 g/mol. The summed E-state index contributed by atoms with van der Waals surface area (Å²) in [6.07, 6.45) is -4.27. The van der Waals surface area contributed by atoms with Crippen molar-refractivity contribution in [3.8, 4) is 11.5 Å². The molecule has 0 aliphatic rings. The molecule has 4 nitrogen and oxygen atoms in total. The Morgan fingerprint density at radius 2 is 1.86 bits per heavy atom. The summed E-state index contributed by atoms with van der Waals surface area (Å²) in [6, 6.07) is 4.54. The number of alkyl halides is 3. The van der Waals surface area contributed by atoms with Crippen LogP contribution in [0.3, 0.4) is 0 Å². The molecule has 0 aliphatic heterocycles. The molecule has 0 atom stereocenters. The number of hydrogen-bond acceptors (Lipinski definition) is 3. The molecule has 22 heavy (non-hydrogen) atoms. The number of aromatic carboxylic acids is 1. The van der Waals surface area contributed by atoms with E-state index in [1.54, 1.807) is 0 Å². The smallest absolute Gasteiger partial charge is 0.418 e. The summed E-state index contributed by atoms with van der Waals surface area (Å²) < 4.78 is 43.2. The van der Waals surface area contributed by atoms with Gasteiger partial charge in [-0.25, -0.2) is 9.78 Å². The first kappa shape index (κ1) is 16.4. The lowest BCUT2D eigenvalue weighted by Gasteiger charge is -2.12. The minimum absolute atomic E-state index is 0.0150. The van der Waals surface area contributed by atoms with Crippen molar-refractivity contribution in [3.05, 3.63) is 51.8 Å². The standard InChI is InChI=1S/C13H6Cl2F3NO3/c14-7-1-2-9(8(15)4-7)22-10-3-6(13(16,17)18)5-19-11(10)12(20)21/h1-5H,(H,20,21). The van der Waals surface area contributed by atoms with Gasteiger partial charge in [0, 0.05) is 11.2 Å². The third-order valence-electron chi connectivity index (χ3n) is 2.50. The molecular weight excluding hydrogens is 346 g/mol. The fourth-order valence-electron chi connectivity index (χ4n) is 1.51. The Morgan fingerprint density at radius 1 is 1.18 bits per heavy atom. The molecule has 0 saturated heterocycles. The number of nitrogens with zero attached hydrogens (tertiary/aromatic N) is 1. The molecule has 2 aromatic rings. The number of hydrogen-bond donors (Lipinski definition) is 1. The van der Waals surface area contributed by atoms with Crippen molar-refractivity contribution in [2.24, 2.45) is 0 Å². The van der Waals surface area contributed by atoms with E-state index in [9.17, 15) is 18.0 Å². The zero-order chi connectivity index (χ0) is 16.5. The minimum atomic E-state index is -4.69. The van der Waals surface area contributed by atoms with Gasteiger partial charge in [0.2, 0.25) is 0 Å². The third-order valence-corrected chi connectivity index (χ3v) is 3.03. The van der Waals surface area contributed by atoms with Crippen LogP contribution in [-0.2, 0) is 6.18 Å². The van der Waals surface area contributed by atoms with Gasteiger partial charge in [-0.2, -0.15) is 13.2 Å². The molecule has 0 bridgehead atoms. The molecule has 0 aliphatic carbocycles. The number of pyridine rings is 1. The molecule has 0 unspecified atom stereocenters. The molecule has 2 rings (SSSR count). The first-order valence-electron chi connectivity index (χ1n) is 5.62. The van der Waals surface area contributed by atoms with Crippen molar-refractivity contribution in [2.75, 3.05) is 0 Å². The van der Waals surface area contributed by atoms with Gasteiger partial charge in [-0.15, -0.1) is 0 Å². The van der Waals surface area contributed by atoms with Crippen LogP contribution in [0.15, 0.2) is 30.5 Å². The number of rotatable bonds is 3. The second-order valence-corrected chi connectivity index (χ2v) is 4.89. The summed E-state index contributed by atoms with van der Waals surface area (Å²) in [4.78, 5) is 14.3. The lowest BCUT2D eigenvalue weighted by molar-refractivity contribution is -0.137. The van der Waals surface area contributed by atoms with Gasteiger partial charge in [-0.3, -0.25) is 0 Å². The number of ether oxygens (including phenoxy) is 1. The van der Waals surface area contributed by atoms with Gasteiger partial charge in [-0.1, -0.05) is 23.2 Å².